The first-order chi connectivity index (χ1) is 10.1. The van der Waals surface area contributed by atoms with E-state index >= 15 is 0 Å². The zero-order valence-electron chi connectivity index (χ0n) is 12.5. The zero-order valence-corrected chi connectivity index (χ0v) is 12.5. The first-order valence-corrected chi connectivity index (χ1v) is 6.98. The molecule has 0 radical (unpaired) electrons. The van der Waals surface area contributed by atoms with Crippen molar-refractivity contribution in [2.24, 2.45) is 0 Å². The monoisotopic (exact) mass is 275 g/mol. The van der Waals surface area contributed by atoms with Crippen LogP contribution in [0.5, 0.6) is 0 Å². The summed E-state index contributed by atoms with van der Waals surface area (Å²) < 4.78 is 0. The van der Waals surface area contributed by atoms with E-state index in [2.05, 4.69) is 53.1 Å². The van der Waals surface area contributed by atoms with Crippen molar-refractivity contribution in [3.63, 3.8) is 0 Å². The van der Waals surface area contributed by atoms with Crippen molar-refractivity contribution in [3.05, 3.63) is 65.5 Å². The van der Waals surface area contributed by atoms with E-state index < -0.39 is 0 Å². The Hall–Kier alpha value is -2.55. The Morgan fingerprint density at radius 2 is 0.905 bits per heavy atom. The van der Waals surface area contributed by atoms with Gasteiger partial charge < -0.3 is 0 Å². The molecule has 0 aliphatic heterocycles. The van der Waals surface area contributed by atoms with Gasteiger partial charge in [0.1, 0.15) is 5.82 Å². The van der Waals surface area contributed by atoms with E-state index in [4.69, 9.17) is 0 Å². The summed E-state index contributed by atoms with van der Waals surface area (Å²) in [6, 6.07) is 16.5. The van der Waals surface area contributed by atoms with Crippen LogP contribution in [0, 0.1) is 20.8 Å². The molecule has 3 heteroatoms. The molecule has 0 unspecified atom stereocenters. The van der Waals surface area contributed by atoms with Crippen LogP contribution in [0.2, 0.25) is 0 Å². The van der Waals surface area contributed by atoms with Gasteiger partial charge in [-0.1, -0.05) is 59.7 Å². The SMILES string of the molecule is Cc1ccc(-c2nc(C)nc(-c3ccc(C)cc3)n2)cc1. The second kappa shape index (κ2) is 5.44. The predicted molar refractivity (Wildman–Crippen MR) is 84.9 cm³/mol. The standard InChI is InChI=1S/C18H17N3/c1-12-4-8-15(9-5-12)17-19-14(3)20-18(21-17)16-10-6-13(2)7-11-16/h4-11H,1-3H3. The number of rotatable bonds is 2. The minimum Gasteiger partial charge on any atom is -0.213 e. The van der Waals surface area contributed by atoms with Crippen molar-refractivity contribution in [2.75, 3.05) is 0 Å². The van der Waals surface area contributed by atoms with Crippen LogP contribution in [0.1, 0.15) is 17.0 Å². The molecular formula is C18H17N3. The second-order valence-corrected chi connectivity index (χ2v) is 5.26. The van der Waals surface area contributed by atoms with Crippen molar-refractivity contribution in [2.45, 2.75) is 20.8 Å². The molecule has 0 atom stereocenters. The molecule has 1 heterocycles. The van der Waals surface area contributed by atoms with Crippen molar-refractivity contribution in [3.8, 4) is 22.8 Å². The Bertz CT molecular complexity index is 696. The Balaban J connectivity index is 2.07. The largest absolute Gasteiger partial charge is 0.213 e. The highest BCUT2D eigenvalue weighted by Gasteiger charge is 2.08. The van der Waals surface area contributed by atoms with Gasteiger partial charge >= 0.3 is 0 Å². The Labute approximate surface area is 124 Å². The third kappa shape index (κ3) is 2.97. The first kappa shape index (κ1) is 13.4. The minimum atomic E-state index is 0.720. The Morgan fingerprint density at radius 1 is 0.524 bits per heavy atom. The quantitative estimate of drug-likeness (QED) is 0.705. The molecule has 0 aliphatic rings. The zero-order chi connectivity index (χ0) is 14.8. The van der Waals surface area contributed by atoms with Gasteiger partial charge in [0.2, 0.25) is 0 Å². The van der Waals surface area contributed by atoms with Crippen molar-refractivity contribution < 1.29 is 0 Å². The molecule has 0 spiro atoms. The maximum absolute atomic E-state index is 4.61. The van der Waals surface area contributed by atoms with Gasteiger partial charge in [-0.15, -0.1) is 0 Å². The lowest BCUT2D eigenvalue weighted by Gasteiger charge is -2.06. The lowest BCUT2D eigenvalue weighted by atomic mass is 10.1. The van der Waals surface area contributed by atoms with Crippen LogP contribution in [0.25, 0.3) is 22.8 Å². The van der Waals surface area contributed by atoms with Gasteiger partial charge in [0.05, 0.1) is 0 Å². The number of aromatic nitrogens is 3. The molecule has 3 nitrogen and oxygen atoms in total. The molecule has 3 rings (SSSR count). The summed E-state index contributed by atoms with van der Waals surface area (Å²) in [6.07, 6.45) is 0. The summed E-state index contributed by atoms with van der Waals surface area (Å²) in [5.74, 6) is 2.17. The first-order valence-electron chi connectivity index (χ1n) is 6.98. The Kier molecular flexibility index (Phi) is 3.48. The normalized spacial score (nSPS) is 10.6. The number of hydrogen-bond donors (Lipinski definition) is 0. The highest BCUT2D eigenvalue weighted by Crippen LogP contribution is 2.20. The highest BCUT2D eigenvalue weighted by molar-refractivity contribution is 5.61. The van der Waals surface area contributed by atoms with E-state index in [0.717, 1.165) is 28.6 Å². The number of hydrogen-bond acceptors (Lipinski definition) is 3. The molecule has 2 aromatic carbocycles. The topological polar surface area (TPSA) is 38.7 Å². The van der Waals surface area contributed by atoms with Gasteiger partial charge in [0, 0.05) is 11.1 Å². The number of aryl methyl sites for hydroxylation is 3. The van der Waals surface area contributed by atoms with E-state index in [0.29, 0.717) is 0 Å². The van der Waals surface area contributed by atoms with Gasteiger partial charge in [-0.25, -0.2) is 15.0 Å². The summed E-state index contributed by atoms with van der Waals surface area (Å²) in [5, 5.41) is 0. The molecule has 0 N–H and O–H groups in total. The maximum atomic E-state index is 4.61. The fraction of sp³-hybridized carbons (Fsp3) is 0.167. The van der Waals surface area contributed by atoms with Crippen molar-refractivity contribution >= 4 is 0 Å². The summed E-state index contributed by atoms with van der Waals surface area (Å²) >= 11 is 0. The van der Waals surface area contributed by atoms with Crippen LogP contribution in [0.3, 0.4) is 0 Å². The summed E-state index contributed by atoms with van der Waals surface area (Å²) in [7, 11) is 0. The molecule has 0 amide bonds. The molecule has 0 bridgehead atoms. The summed E-state index contributed by atoms with van der Waals surface area (Å²) in [4.78, 5) is 13.5. The summed E-state index contributed by atoms with van der Waals surface area (Å²) in [6.45, 7) is 6.04. The molecule has 104 valence electrons. The minimum absolute atomic E-state index is 0.720. The van der Waals surface area contributed by atoms with Gasteiger partial charge in [0.25, 0.3) is 0 Å². The lowest BCUT2D eigenvalue weighted by Crippen LogP contribution is -1.99. The van der Waals surface area contributed by atoms with E-state index in [-0.39, 0.29) is 0 Å². The smallest absolute Gasteiger partial charge is 0.163 e. The predicted octanol–water partition coefficient (Wildman–Crippen LogP) is 4.13. The van der Waals surface area contributed by atoms with Crippen LogP contribution in [-0.4, -0.2) is 15.0 Å². The average Bonchev–Trinajstić information content (AvgIpc) is 2.48. The van der Waals surface area contributed by atoms with E-state index in [1.807, 2.05) is 31.2 Å². The molecule has 0 aliphatic carbocycles. The Morgan fingerprint density at radius 3 is 1.29 bits per heavy atom. The maximum Gasteiger partial charge on any atom is 0.163 e. The van der Waals surface area contributed by atoms with Gasteiger partial charge in [-0.3, -0.25) is 0 Å². The van der Waals surface area contributed by atoms with Crippen molar-refractivity contribution in [1.82, 2.24) is 15.0 Å². The molecule has 3 aromatic rings. The van der Waals surface area contributed by atoms with Gasteiger partial charge in [-0.2, -0.15) is 0 Å². The van der Waals surface area contributed by atoms with Crippen molar-refractivity contribution in [1.29, 1.82) is 0 Å². The number of benzene rings is 2. The second-order valence-electron chi connectivity index (χ2n) is 5.26. The lowest BCUT2D eigenvalue weighted by molar-refractivity contribution is 0.991. The number of nitrogens with zero attached hydrogens (tertiary/aromatic N) is 3. The third-order valence-electron chi connectivity index (χ3n) is 3.37. The van der Waals surface area contributed by atoms with Crippen LogP contribution in [0.4, 0.5) is 0 Å². The van der Waals surface area contributed by atoms with Crippen LogP contribution < -0.4 is 0 Å². The molecule has 0 fully saturated rings. The van der Waals surface area contributed by atoms with E-state index in [1.165, 1.54) is 11.1 Å². The summed E-state index contributed by atoms with van der Waals surface area (Å²) in [5.41, 5.74) is 4.48. The molecular weight excluding hydrogens is 258 g/mol. The van der Waals surface area contributed by atoms with Crippen LogP contribution >= 0.6 is 0 Å². The van der Waals surface area contributed by atoms with Crippen LogP contribution in [-0.2, 0) is 0 Å². The van der Waals surface area contributed by atoms with E-state index in [1.54, 1.807) is 0 Å². The van der Waals surface area contributed by atoms with E-state index in [9.17, 15) is 0 Å². The van der Waals surface area contributed by atoms with Gasteiger partial charge in [-0.05, 0) is 20.8 Å². The molecule has 21 heavy (non-hydrogen) atoms. The average molecular weight is 275 g/mol. The molecule has 1 aromatic heterocycles. The van der Waals surface area contributed by atoms with Gasteiger partial charge in [0.15, 0.2) is 11.6 Å². The fourth-order valence-corrected chi connectivity index (χ4v) is 2.15. The fourth-order valence-electron chi connectivity index (χ4n) is 2.15. The highest BCUT2D eigenvalue weighted by atomic mass is 15.0. The molecule has 0 saturated carbocycles. The third-order valence-corrected chi connectivity index (χ3v) is 3.37. The van der Waals surface area contributed by atoms with Crippen LogP contribution in [0.15, 0.2) is 48.5 Å². The molecule has 0 saturated heterocycles.